The number of aromatic amines is 1. The molecule has 1 heterocycles. The molecule has 1 aromatic heterocycles. The number of hydrogen-bond donors (Lipinski definition) is 1. The second-order valence-corrected chi connectivity index (χ2v) is 3.92. The molecule has 0 spiro atoms. The highest BCUT2D eigenvalue weighted by Gasteiger charge is 2.29. The van der Waals surface area contributed by atoms with Gasteiger partial charge in [-0.1, -0.05) is 5.21 Å². The van der Waals surface area contributed by atoms with E-state index in [1.165, 1.54) is 0 Å². The summed E-state index contributed by atoms with van der Waals surface area (Å²) in [6.07, 6.45) is 0.429. The van der Waals surface area contributed by atoms with Crippen molar-refractivity contribution in [1.82, 2.24) is 20.6 Å². The minimum absolute atomic E-state index is 0.0132. The molecule has 0 amide bonds. The summed E-state index contributed by atoms with van der Waals surface area (Å²) in [4.78, 5) is 22.2. The zero-order chi connectivity index (χ0) is 11.5. The molecule has 0 bridgehead atoms. The maximum atomic E-state index is 11.5. The number of nitrogens with zero attached hydrogens (tertiary/aromatic N) is 3. The molecule has 0 radical (unpaired) electrons. The lowest BCUT2D eigenvalue weighted by Crippen LogP contribution is -2.28. The number of carbonyl (C=O) groups is 2. The first-order valence-corrected chi connectivity index (χ1v) is 4.35. The molecule has 7 nitrogen and oxygen atoms in total. The minimum Gasteiger partial charge on any atom is -0.459 e. The van der Waals surface area contributed by atoms with Gasteiger partial charge < -0.3 is 9.53 Å². The fraction of sp³-hybridized carbons (Fsp3) is 0.625. The molecule has 0 saturated heterocycles. The van der Waals surface area contributed by atoms with Crippen LogP contribution in [0.4, 0.5) is 0 Å². The third-order valence-corrected chi connectivity index (χ3v) is 1.44. The highest BCUT2D eigenvalue weighted by molar-refractivity contribution is 5.93. The Morgan fingerprint density at radius 1 is 1.53 bits per heavy atom. The summed E-state index contributed by atoms with van der Waals surface area (Å²) < 4.78 is 5.02. The predicted molar refractivity (Wildman–Crippen MR) is 48.8 cm³/mol. The number of tetrazole rings is 1. The van der Waals surface area contributed by atoms with Gasteiger partial charge in [0.15, 0.2) is 11.7 Å². The second kappa shape index (κ2) is 4.16. The van der Waals surface area contributed by atoms with Crippen LogP contribution in [0.1, 0.15) is 32.5 Å². The molecule has 0 aromatic carbocycles. The molecule has 0 fully saturated rings. The number of rotatable bonds is 3. The van der Waals surface area contributed by atoms with Gasteiger partial charge in [-0.2, -0.15) is 5.21 Å². The summed E-state index contributed by atoms with van der Waals surface area (Å²) in [5.41, 5.74) is -0.651. The van der Waals surface area contributed by atoms with Crippen LogP contribution < -0.4 is 0 Å². The lowest BCUT2D eigenvalue weighted by Gasteiger charge is -2.20. The molecule has 1 N–H and O–H groups in total. The molecule has 0 saturated carbocycles. The second-order valence-electron chi connectivity index (χ2n) is 3.92. The minimum atomic E-state index is -1.12. The molecule has 82 valence electrons. The van der Waals surface area contributed by atoms with Crippen LogP contribution in [0.25, 0.3) is 0 Å². The maximum absolute atomic E-state index is 11.5. The van der Waals surface area contributed by atoms with E-state index in [0.717, 1.165) is 0 Å². The number of aldehydes is 1. The van der Waals surface area contributed by atoms with Gasteiger partial charge in [0, 0.05) is 0 Å². The molecule has 15 heavy (non-hydrogen) atoms. The van der Waals surface area contributed by atoms with Crippen molar-refractivity contribution in [3.05, 3.63) is 5.82 Å². The van der Waals surface area contributed by atoms with Gasteiger partial charge in [-0.05, 0) is 20.8 Å². The monoisotopic (exact) mass is 212 g/mol. The van der Waals surface area contributed by atoms with E-state index in [1.807, 2.05) is 0 Å². The summed E-state index contributed by atoms with van der Waals surface area (Å²) in [5.74, 6) is -1.79. The van der Waals surface area contributed by atoms with Crippen LogP contribution in [0.15, 0.2) is 0 Å². The van der Waals surface area contributed by atoms with Crippen molar-refractivity contribution in [1.29, 1.82) is 0 Å². The van der Waals surface area contributed by atoms with Crippen LogP contribution in [0.3, 0.4) is 0 Å². The van der Waals surface area contributed by atoms with Gasteiger partial charge in [0.25, 0.3) is 0 Å². The number of H-pyrrole nitrogens is 1. The summed E-state index contributed by atoms with van der Waals surface area (Å²) in [5, 5.41) is 12.6. The smallest absolute Gasteiger partial charge is 0.324 e. The van der Waals surface area contributed by atoms with Gasteiger partial charge in [0.05, 0.1) is 0 Å². The topological polar surface area (TPSA) is 97.8 Å². The van der Waals surface area contributed by atoms with E-state index >= 15 is 0 Å². The van der Waals surface area contributed by atoms with E-state index in [4.69, 9.17) is 4.74 Å². The fourth-order valence-corrected chi connectivity index (χ4v) is 0.888. The number of hydrogen-bond acceptors (Lipinski definition) is 6. The van der Waals surface area contributed by atoms with Gasteiger partial charge >= 0.3 is 5.97 Å². The van der Waals surface area contributed by atoms with Crippen LogP contribution in [0, 0.1) is 0 Å². The molecule has 0 aliphatic heterocycles. The van der Waals surface area contributed by atoms with Crippen molar-refractivity contribution in [2.45, 2.75) is 32.3 Å². The van der Waals surface area contributed by atoms with E-state index in [1.54, 1.807) is 20.8 Å². The zero-order valence-electron chi connectivity index (χ0n) is 8.72. The maximum Gasteiger partial charge on any atom is 0.324 e. The first kappa shape index (κ1) is 11.3. The summed E-state index contributed by atoms with van der Waals surface area (Å²) in [6, 6.07) is 0. The SMILES string of the molecule is CC(C)(C)OC(=O)C(C=O)c1nn[nH]n1. The Morgan fingerprint density at radius 2 is 2.20 bits per heavy atom. The van der Waals surface area contributed by atoms with Crippen LogP contribution in [0.2, 0.25) is 0 Å². The molecule has 1 atom stereocenters. The van der Waals surface area contributed by atoms with E-state index in [-0.39, 0.29) is 5.82 Å². The van der Waals surface area contributed by atoms with Crippen LogP contribution >= 0.6 is 0 Å². The lowest BCUT2D eigenvalue weighted by molar-refractivity contribution is -0.157. The molecule has 0 aliphatic rings. The van der Waals surface area contributed by atoms with E-state index < -0.39 is 17.5 Å². The van der Waals surface area contributed by atoms with Gasteiger partial charge in [-0.3, -0.25) is 4.79 Å². The third kappa shape index (κ3) is 3.12. The third-order valence-electron chi connectivity index (χ3n) is 1.44. The standard InChI is InChI=1S/C8H12N4O3/c1-8(2,3)15-7(14)5(4-13)6-9-11-12-10-6/h4-5H,1-3H3,(H,9,10,11,12). The first-order valence-electron chi connectivity index (χ1n) is 4.35. The van der Waals surface area contributed by atoms with Crippen molar-refractivity contribution >= 4 is 12.3 Å². The normalized spacial score (nSPS) is 13.3. The van der Waals surface area contributed by atoms with E-state index in [2.05, 4.69) is 20.6 Å². The number of nitrogens with one attached hydrogen (secondary N) is 1. The zero-order valence-corrected chi connectivity index (χ0v) is 8.72. The van der Waals surface area contributed by atoms with E-state index in [9.17, 15) is 9.59 Å². The van der Waals surface area contributed by atoms with Crippen LogP contribution in [-0.4, -0.2) is 38.5 Å². The quantitative estimate of drug-likeness (QED) is 0.424. The highest BCUT2D eigenvalue weighted by atomic mass is 16.6. The van der Waals surface area contributed by atoms with Gasteiger partial charge in [-0.25, -0.2) is 0 Å². The largest absolute Gasteiger partial charge is 0.459 e. The lowest BCUT2D eigenvalue weighted by atomic mass is 10.1. The van der Waals surface area contributed by atoms with Crippen molar-refractivity contribution < 1.29 is 14.3 Å². The summed E-state index contributed by atoms with van der Waals surface area (Å²) in [6.45, 7) is 5.13. The Morgan fingerprint density at radius 3 is 2.60 bits per heavy atom. The van der Waals surface area contributed by atoms with Gasteiger partial charge in [0.2, 0.25) is 0 Å². The Hall–Kier alpha value is -1.79. The average molecular weight is 212 g/mol. The Labute approximate surface area is 86.2 Å². The first-order chi connectivity index (χ1) is 6.94. The predicted octanol–water partition coefficient (Wildman–Crippen LogP) is -0.176. The summed E-state index contributed by atoms with van der Waals surface area (Å²) >= 11 is 0. The Kier molecular flexibility index (Phi) is 3.13. The molecule has 7 heteroatoms. The molecule has 0 aliphatic carbocycles. The number of esters is 1. The van der Waals surface area contributed by atoms with Crippen molar-refractivity contribution in [3.8, 4) is 0 Å². The highest BCUT2D eigenvalue weighted by Crippen LogP contribution is 2.15. The summed E-state index contributed by atoms with van der Waals surface area (Å²) in [7, 11) is 0. The van der Waals surface area contributed by atoms with Crippen LogP contribution in [-0.2, 0) is 14.3 Å². The van der Waals surface area contributed by atoms with Gasteiger partial charge in [0.1, 0.15) is 11.9 Å². The molecule has 1 aromatic rings. The fourth-order valence-electron chi connectivity index (χ4n) is 0.888. The van der Waals surface area contributed by atoms with Crippen molar-refractivity contribution in [3.63, 3.8) is 0 Å². The van der Waals surface area contributed by atoms with Gasteiger partial charge in [-0.15, -0.1) is 10.2 Å². The molecular weight excluding hydrogens is 200 g/mol. The molecular formula is C8H12N4O3. The Bertz CT molecular complexity index is 341. The number of aromatic nitrogens is 4. The van der Waals surface area contributed by atoms with Crippen molar-refractivity contribution in [2.75, 3.05) is 0 Å². The van der Waals surface area contributed by atoms with Crippen LogP contribution in [0.5, 0.6) is 0 Å². The molecule has 1 rings (SSSR count). The Balaban J connectivity index is 2.77. The number of ether oxygens (including phenoxy) is 1. The molecule has 1 unspecified atom stereocenters. The van der Waals surface area contributed by atoms with Crippen molar-refractivity contribution in [2.24, 2.45) is 0 Å². The van der Waals surface area contributed by atoms with E-state index in [0.29, 0.717) is 6.29 Å². The number of carbonyl (C=O) groups excluding carboxylic acids is 2. The average Bonchev–Trinajstić information content (AvgIpc) is 2.54.